The van der Waals surface area contributed by atoms with Crippen molar-refractivity contribution < 1.29 is 4.74 Å². The van der Waals surface area contributed by atoms with Crippen molar-refractivity contribution in [3.63, 3.8) is 0 Å². The summed E-state index contributed by atoms with van der Waals surface area (Å²) in [7, 11) is 0. The minimum Gasteiger partial charge on any atom is -0.457 e. The van der Waals surface area contributed by atoms with Crippen LogP contribution in [0.5, 0.6) is 11.5 Å². The molecular weight excluding hydrogens is 719 g/mol. The molecule has 3 aliphatic rings. The fourth-order valence-corrected chi connectivity index (χ4v) is 10.1. The van der Waals surface area contributed by atoms with Crippen molar-refractivity contribution in [1.29, 1.82) is 0 Å². The van der Waals surface area contributed by atoms with Gasteiger partial charge in [-0.25, -0.2) is 15.0 Å². The summed E-state index contributed by atoms with van der Waals surface area (Å²) in [5.74, 6) is 3.66. The first-order chi connectivity index (χ1) is 29.0. The van der Waals surface area contributed by atoms with Gasteiger partial charge in [-0.15, -0.1) is 0 Å². The molecule has 0 N–H and O–H groups in total. The summed E-state index contributed by atoms with van der Waals surface area (Å²) in [4.78, 5) is 15.6. The van der Waals surface area contributed by atoms with Crippen LogP contribution in [-0.2, 0) is 10.8 Å². The molecule has 12 rings (SSSR count). The number of fused-ring (bicyclic) bond motifs is 12. The van der Waals surface area contributed by atoms with Crippen molar-refractivity contribution in [1.82, 2.24) is 15.0 Å². The molecule has 1 aromatic heterocycles. The lowest BCUT2D eigenvalue weighted by Gasteiger charge is -2.40. The largest absolute Gasteiger partial charge is 0.457 e. The van der Waals surface area contributed by atoms with Gasteiger partial charge in [-0.1, -0.05) is 184 Å². The SMILES string of the molecule is CC1(C)c2cc3c(cc2-c2c(-c4nc(-c5ccccc5)nc(-c5ccc(-c6ccccc6)cc5)n4)cccc21)Oc1ccccc1C31c2ccccc2-c2ccccc21. The molecule has 0 amide bonds. The molecule has 1 spiro atoms. The third kappa shape index (κ3) is 4.80. The average molecular weight is 756 g/mol. The fraction of sp³-hybridized carbons (Fsp3) is 0.0727. The number of para-hydroxylation sites is 1. The number of rotatable bonds is 4. The van der Waals surface area contributed by atoms with E-state index in [0.29, 0.717) is 17.5 Å². The lowest BCUT2D eigenvalue weighted by Crippen LogP contribution is -2.32. The van der Waals surface area contributed by atoms with Gasteiger partial charge in [0.05, 0.1) is 5.41 Å². The van der Waals surface area contributed by atoms with E-state index in [-0.39, 0.29) is 5.41 Å². The van der Waals surface area contributed by atoms with Crippen LogP contribution < -0.4 is 4.74 Å². The van der Waals surface area contributed by atoms with Gasteiger partial charge in [0.2, 0.25) is 0 Å². The molecule has 8 aromatic carbocycles. The maximum atomic E-state index is 7.00. The van der Waals surface area contributed by atoms with Crippen LogP contribution >= 0.6 is 0 Å². The topological polar surface area (TPSA) is 47.9 Å². The van der Waals surface area contributed by atoms with Crippen LogP contribution in [-0.4, -0.2) is 15.0 Å². The molecule has 278 valence electrons. The Labute approximate surface area is 343 Å². The molecule has 0 saturated heterocycles. The lowest BCUT2D eigenvalue weighted by molar-refractivity contribution is 0.436. The second kappa shape index (κ2) is 12.5. The molecule has 4 heteroatoms. The van der Waals surface area contributed by atoms with E-state index in [9.17, 15) is 0 Å². The van der Waals surface area contributed by atoms with Gasteiger partial charge < -0.3 is 4.74 Å². The Morgan fingerprint density at radius 1 is 0.339 bits per heavy atom. The van der Waals surface area contributed by atoms with Crippen molar-refractivity contribution in [2.75, 3.05) is 0 Å². The Bertz CT molecular complexity index is 3110. The summed E-state index contributed by atoms with van der Waals surface area (Å²) < 4.78 is 7.00. The highest BCUT2D eigenvalue weighted by molar-refractivity contribution is 5.95. The smallest absolute Gasteiger partial charge is 0.164 e. The van der Waals surface area contributed by atoms with Crippen molar-refractivity contribution >= 4 is 0 Å². The molecule has 0 unspecified atom stereocenters. The monoisotopic (exact) mass is 755 g/mol. The summed E-state index contributed by atoms with van der Waals surface area (Å²) in [6, 6.07) is 66.9. The second-order valence-electron chi connectivity index (χ2n) is 16.3. The second-order valence-corrected chi connectivity index (χ2v) is 16.3. The Balaban J connectivity index is 1.08. The van der Waals surface area contributed by atoms with Gasteiger partial charge in [-0.05, 0) is 73.8 Å². The molecule has 0 fully saturated rings. The third-order valence-electron chi connectivity index (χ3n) is 12.8. The van der Waals surface area contributed by atoms with Crippen LogP contribution in [0.15, 0.2) is 188 Å². The van der Waals surface area contributed by atoms with Crippen molar-refractivity contribution in [2.24, 2.45) is 0 Å². The zero-order valence-corrected chi connectivity index (χ0v) is 32.6. The van der Waals surface area contributed by atoms with E-state index in [1.54, 1.807) is 0 Å². The van der Waals surface area contributed by atoms with Gasteiger partial charge in [-0.3, -0.25) is 0 Å². The number of ether oxygens (including phenoxy) is 1. The molecule has 0 saturated carbocycles. The number of hydrogen-bond donors (Lipinski definition) is 0. The van der Waals surface area contributed by atoms with Gasteiger partial charge in [0.25, 0.3) is 0 Å². The summed E-state index contributed by atoms with van der Waals surface area (Å²) in [6.07, 6.45) is 0. The van der Waals surface area contributed by atoms with Crippen LogP contribution in [0.3, 0.4) is 0 Å². The summed E-state index contributed by atoms with van der Waals surface area (Å²) in [6.45, 7) is 4.69. The minimum atomic E-state index is -0.538. The van der Waals surface area contributed by atoms with Gasteiger partial charge in [0.1, 0.15) is 11.5 Å². The molecule has 0 radical (unpaired) electrons. The van der Waals surface area contributed by atoms with E-state index in [2.05, 4.69) is 178 Å². The van der Waals surface area contributed by atoms with Crippen LogP contribution in [0.25, 0.3) is 67.5 Å². The Morgan fingerprint density at radius 2 is 0.831 bits per heavy atom. The number of hydrogen-bond acceptors (Lipinski definition) is 4. The predicted molar refractivity (Wildman–Crippen MR) is 237 cm³/mol. The normalized spacial score (nSPS) is 14.3. The number of benzene rings is 8. The number of aromatic nitrogens is 3. The molecular formula is C55H37N3O. The van der Waals surface area contributed by atoms with E-state index in [1.165, 1.54) is 50.1 Å². The highest BCUT2D eigenvalue weighted by Crippen LogP contribution is 2.64. The first-order valence-corrected chi connectivity index (χ1v) is 20.3. The number of nitrogens with zero attached hydrogens (tertiary/aromatic N) is 3. The highest BCUT2D eigenvalue weighted by Gasteiger charge is 2.52. The van der Waals surface area contributed by atoms with Crippen LogP contribution in [0.2, 0.25) is 0 Å². The Hall–Kier alpha value is -7.43. The Kier molecular flexibility index (Phi) is 7.16. The molecule has 1 aliphatic heterocycles. The Morgan fingerprint density at radius 3 is 1.51 bits per heavy atom. The molecule has 4 nitrogen and oxygen atoms in total. The van der Waals surface area contributed by atoms with E-state index in [1.807, 2.05) is 24.3 Å². The van der Waals surface area contributed by atoms with Crippen LogP contribution in [0, 0.1) is 0 Å². The fourth-order valence-electron chi connectivity index (χ4n) is 10.1. The van der Waals surface area contributed by atoms with Gasteiger partial charge in [-0.2, -0.15) is 0 Å². The maximum absolute atomic E-state index is 7.00. The standard InChI is InChI=1S/C55H37N3O/c1-54(2)45-26-15-22-40(53-57-51(36-18-7-4-8-19-36)56-52(58-53)37-30-28-35(29-31-37)34-16-5-3-6-17-34)50(45)41-32-49-47(33-46(41)54)55(44-25-13-14-27-48(44)59-49)42-23-11-9-20-38(42)39-21-10-12-24-43(39)55/h3-33H,1-2H3. The van der Waals surface area contributed by atoms with E-state index < -0.39 is 5.41 Å². The zero-order chi connectivity index (χ0) is 39.3. The first kappa shape index (κ1) is 33.7. The van der Waals surface area contributed by atoms with Crippen molar-refractivity contribution in [3.8, 4) is 79.0 Å². The average Bonchev–Trinajstić information content (AvgIpc) is 3.71. The van der Waals surface area contributed by atoms with Crippen LogP contribution in [0.4, 0.5) is 0 Å². The minimum absolute atomic E-state index is 0.323. The lowest BCUT2D eigenvalue weighted by atomic mass is 9.65. The summed E-state index contributed by atoms with van der Waals surface area (Å²) in [5, 5.41) is 0. The van der Waals surface area contributed by atoms with E-state index in [0.717, 1.165) is 44.9 Å². The molecule has 2 aliphatic carbocycles. The predicted octanol–water partition coefficient (Wildman–Crippen LogP) is 13.3. The van der Waals surface area contributed by atoms with Gasteiger partial charge in [0.15, 0.2) is 17.5 Å². The van der Waals surface area contributed by atoms with Gasteiger partial charge >= 0.3 is 0 Å². The highest BCUT2D eigenvalue weighted by atomic mass is 16.5. The van der Waals surface area contributed by atoms with Crippen molar-refractivity contribution in [2.45, 2.75) is 24.7 Å². The maximum Gasteiger partial charge on any atom is 0.164 e. The molecule has 9 aromatic rings. The molecule has 0 bridgehead atoms. The quantitative estimate of drug-likeness (QED) is 0.179. The first-order valence-electron chi connectivity index (χ1n) is 20.3. The van der Waals surface area contributed by atoms with E-state index >= 15 is 0 Å². The zero-order valence-electron chi connectivity index (χ0n) is 32.6. The molecule has 2 heterocycles. The molecule has 0 atom stereocenters. The van der Waals surface area contributed by atoms with Gasteiger partial charge in [0, 0.05) is 33.2 Å². The van der Waals surface area contributed by atoms with Crippen molar-refractivity contribution in [3.05, 3.63) is 221 Å². The van der Waals surface area contributed by atoms with Crippen LogP contribution in [0.1, 0.15) is 47.2 Å². The summed E-state index contributed by atoms with van der Waals surface area (Å²) in [5.41, 5.74) is 16.5. The third-order valence-corrected chi connectivity index (χ3v) is 12.8. The molecule has 59 heavy (non-hydrogen) atoms. The van der Waals surface area contributed by atoms with E-state index in [4.69, 9.17) is 19.7 Å². The summed E-state index contributed by atoms with van der Waals surface area (Å²) >= 11 is 0.